The lowest BCUT2D eigenvalue weighted by molar-refractivity contribution is 0.956. The van der Waals surface area contributed by atoms with Crippen LogP contribution in [0, 0.1) is 20.8 Å². The van der Waals surface area contributed by atoms with Crippen molar-refractivity contribution in [3.8, 4) is 11.3 Å². The first kappa shape index (κ1) is 10.7. The van der Waals surface area contributed by atoms with Crippen LogP contribution in [0.3, 0.4) is 0 Å². The molecule has 2 heterocycles. The average molecular weight is 249 g/mol. The number of aryl methyl sites for hydroxylation is 3. The maximum absolute atomic E-state index is 4.75. The van der Waals surface area contributed by atoms with Gasteiger partial charge in [-0.25, -0.2) is 9.97 Å². The maximum Gasteiger partial charge on any atom is 0.235 e. The van der Waals surface area contributed by atoms with Crippen molar-refractivity contribution in [2.75, 3.05) is 0 Å². The zero-order chi connectivity index (χ0) is 13.1. The summed E-state index contributed by atoms with van der Waals surface area (Å²) in [4.78, 5) is 9.30. The van der Waals surface area contributed by atoms with Crippen molar-refractivity contribution < 1.29 is 0 Å². The van der Waals surface area contributed by atoms with Crippen LogP contribution < -0.4 is 0 Å². The Morgan fingerprint density at radius 1 is 1.05 bits per heavy atom. The predicted octanol–water partition coefficient (Wildman–Crippen LogP) is 3.23. The average Bonchev–Trinajstić information content (AvgIpc) is 2.84. The second-order valence-electron chi connectivity index (χ2n) is 5.42. The van der Waals surface area contributed by atoms with Crippen LogP contribution >= 0.6 is 0 Å². The Labute approximate surface area is 111 Å². The minimum absolute atomic E-state index is 0.828. The Bertz CT molecular complexity index is 828. The van der Waals surface area contributed by atoms with Gasteiger partial charge in [0.1, 0.15) is 0 Å². The van der Waals surface area contributed by atoms with E-state index >= 15 is 0 Å². The Kier molecular flexibility index (Phi) is 1.94. The molecule has 0 saturated carbocycles. The van der Waals surface area contributed by atoms with E-state index in [1.165, 1.54) is 28.1 Å². The van der Waals surface area contributed by atoms with Crippen LogP contribution in [-0.4, -0.2) is 14.4 Å². The summed E-state index contributed by atoms with van der Waals surface area (Å²) < 4.78 is 2.19. The minimum Gasteiger partial charge on any atom is -0.284 e. The number of hydrogen-bond acceptors (Lipinski definition) is 2. The fourth-order valence-electron chi connectivity index (χ4n) is 3.07. The van der Waals surface area contributed by atoms with Gasteiger partial charge in [0, 0.05) is 23.4 Å². The van der Waals surface area contributed by atoms with Gasteiger partial charge in [-0.05, 0) is 38.5 Å². The molecule has 0 aliphatic heterocycles. The fraction of sp³-hybridized carbons (Fsp3) is 0.250. The first-order chi connectivity index (χ1) is 9.13. The molecule has 1 aliphatic rings. The van der Waals surface area contributed by atoms with E-state index in [9.17, 15) is 0 Å². The van der Waals surface area contributed by atoms with E-state index < -0.39 is 0 Å². The molecular formula is C16H15N3. The van der Waals surface area contributed by atoms with Gasteiger partial charge in [-0.2, -0.15) is 0 Å². The molecule has 0 bridgehead atoms. The van der Waals surface area contributed by atoms with Gasteiger partial charge in [-0.3, -0.25) is 4.40 Å². The molecule has 0 N–H and O–H groups in total. The van der Waals surface area contributed by atoms with E-state index in [1.54, 1.807) is 0 Å². The van der Waals surface area contributed by atoms with Crippen molar-refractivity contribution in [3.05, 3.63) is 52.5 Å². The number of fused-ring (bicyclic) bond motifs is 5. The van der Waals surface area contributed by atoms with Crippen molar-refractivity contribution in [1.82, 2.24) is 14.4 Å². The van der Waals surface area contributed by atoms with Gasteiger partial charge in [0.05, 0.1) is 11.4 Å². The molecule has 3 aromatic rings. The van der Waals surface area contributed by atoms with Crippen LogP contribution in [0.4, 0.5) is 0 Å². The third kappa shape index (κ3) is 1.38. The standard InChI is InChI=1S/C16H15N3/c1-9-4-5-12-8-14-15(13(12)6-9)18-16-17-10(2)7-11(3)19(14)16/h4-7H,8H2,1-3H3. The van der Waals surface area contributed by atoms with Crippen molar-refractivity contribution in [2.24, 2.45) is 0 Å². The van der Waals surface area contributed by atoms with E-state index in [1.807, 2.05) is 6.92 Å². The number of hydrogen-bond donors (Lipinski definition) is 0. The van der Waals surface area contributed by atoms with Gasteiger partial charge >= 0.3 is 0 Å². The fourth-order valence-corrected chi connectivity index (χ4v) is 3.07. The topological polar surface area (TPSA) is 30.2 Å². The normalized spacial score (nSPS) is 12.8. The zero-order valence-corrected chi connectivity index (χ0v) is 11.4. The summed E-state index contributed by atoms with van der Waals surface area (Å²) in [5.74, 6) is 0.828. The van der Waals surface area contributed by atoms with Gasteiger partial charge in [-0.1, -0.05) is 17.7 Å². The largest absolute Gasteiger partial charge is 0.284 e. The second kappa shape index (κ2) is 3.44. The first-order valence-corrected chi connectivity index (χ1v) is 6.59. The summed E-state index contributed by atoms with van der Waals surface area (Å²) >= 11 is 0. The van der Waals surface area contributed by atoms with E-state index in [0.717, 1.165) is 23.6 Å². The van der Waals surface area contributed by atoms with Crippen molar-refractivity contribution in [2.45, 2.75) is 27.2 Å². The number of imidazole rings is 1. The Morgan fingerprint density at radius 3 is 2.74 bits per heavy atom. The smallest absolute Gasteiger partial charge is 0.235 e. The molecule has 0 radical (unpaired) electrons. The third-order valence-corrected chi connectivity index (χ3v) is 3.88. The molecule has 3 nitrogen and oxygen atoms in total. The molecule has 94 valence electrons. The molecular weight excluding hydrogens is 234 g/mol. The van der Waals surface area contributed by atoms with Crippen molar-refractivity contribution in [3.63, 3.8) is 0 Å². The quantitative estimate of drug-likeness (QED) is 0.479. The summed E-state index contributed by atoms with van der Waals surface area (Å²) in [5, 5.41) is 0. The lowest BCUT2D eigenvalue weighted by Gasteiger charge is -2.04. The van der Waals surface area contributed by atoms with Crippen LogP contribution in [0.15, 0.2) is 24.3 Å². The highest BCUT2D eigenvalue weighted by Gasteiger charge is 2.25. The Hall–Kier alpha value is -2.16. The van der Waals surface area contributed by atoms with Crippen LogP contribution in [0.25, 0.3) is 17.0 Å². The highest BCUT2D eigenvalue weighted by atomic mass is 15.1. The first-order valence-electron chi connectivity index (χ1n) is 6.59. The van der Waals surface area contributed by atoms with E-state index in [4.69, 9.17) is 4.98 Å². The maximum atomic E-state index is 4.75. The number of benzene rings is 1. The van der Waals surface area contributed by atoms with E-state index in [0.29, 0.717) is 0 Å². The number of rotatable bonds is 0. The molecule has 0 unspecified atom stereocenters. The van der Waals surface area contributed by atoms with E-state index in [2.05, 4.69) is 47.5 Å². The van der Waals surface area contributed by atoms with Gasteiger partial charge in [-0.15, -0.1) is 0 Å². The Balaban J connectivity index is 2.09. The number of nitrogens with zero attached hydrogens (tertiary/aromatic N) is 3. The summed E-state index contributed by atoms with van der Waals surface area (Å²) in [6, 6.07) is 8.74. The van der Waals surface area contributed by atoms with Crippen molar-refractivity contribution in [1.29, 1.82) is 0 Å². The van der Waals surface area contributed by atoms with Gasteiger partial charge in [0.25, 0.3) is 0 Å². The molecule has 0 amide bonds. The predicted molar refractivity (Wildman–Crippen MR) is 75.4 cm³/mol. The minimum atomic E-state index is 0.828. The lowest BCUT2D eigenvalue weighted by Crippen LogP contribution is -2.00. The van der Waals surface area contributed by atoms with Crippen LogP contribution in [0.5, 0.6) is 0 Å². The Morgan fingerprint density at radius 2 is 1.89 bits per heavy atom. The summed E-state index contributed by atoms with van der Waals surface area (Å²) in [6.07, 6.45) is 0.956. The monoisotopic (exact) mass is 249 g/mol. The van der Waals surface area contributed by atoms with Crippen LogP contribution in [0.1, 0.15) is 28.2 Å². The highest BCUT2D eigenvalue weighted by Crippen LogP contribution is 2.37. The van der Waals surface area contributed by atoms with Crippen molar-refractivity contribution >= 4 is 5.78 Å². The molecule has 0 atom stereocenters. The van der Waals surface area contributed by atoms with Crippen LogP contribution in [-0.2, 0) is 6.42 Å². The molecule has 0 fully saturated rings. The van der Waals surface area contributed by atoms with Gasteiger partial charge < -0.3 is 0 Å². The molecule has 1 aromatic carbocycles. The molecule has 3 heteroatoms. The molecule has 19 heavy (non-hydrogen) atoms. The molecule has 1 aliphatic carbocycles. The summed E-state index contributed by atoms with van der Waals surface area (Å²) in [6.45, 7) is 6.27. The van der Waals surface area contributed by atoms with Gasteiger partial charge in [0.2, 0.25) is 5.78 Å². The molecule has 0 spiro atoms. The van der Waals surface area contributed by atoms with Gasteiger partial charge in [0.15, 0.2) is 0 Å². The van der Waals surface area contributed by atoms with E-state index in [-0.39, 0.29) is 0 Å². The molecule has 0 saturated heterocycles. The lowest BCUT2D eigenvalue weighted by atomic mass is 10.1. The third-order valence-electron chi connectivity index (χ3n) is 3.88. The van der Waals surface area contributed by atoms with Crippen LogP contribution in [0.2, 0.25) is 0 Å². The second-order valence-corrected chi connectivity index (χ2v) is 5.42. The summed E-state index contributed by atoms with van der Waals surface area (Å²) in [5.41, 5.74) is 8.55. The number of aromatic nitrogens is 3. The molecule has 4 rings (SSSR count). The zero-order valence-electron chi connectivity index (χ0n) is 11.4. The molecule has 2 aromatic heterocycles. The summed E-state index contributed by atoms with van der Waals surface area (Å²) in [7, 11) is 0. The SMILES string of the molecule is Cc1ccc2c(c1)-c1nc3nc(C)cc(C)n3c1C2. The highest BCUT2D eigenvalue weighted by molar-refractivity contribution is 5.75.